The van der Waals surface area contributed by atoms with E-state index in [1.54, 1.807) is 0 Å². The molecule has 0 aliphatic carbocycles. The Bertz CT molecular complexity index is 666. The van der Waals surface area contributed by atoms with E-state index in [2.05, 4.69) is 51.6 Å². The second kappa shape index (κ2) is 10.7. The van der Waals surface area contributed by atoms with Crippen molar-refractivity contribution in [3.05, 3.63) is 35.4 Å². The lowest BCUT2D eigenvalue weighted by Crippen LogP contribution is -2.46. The molecule has 6 nitrogen and oxygen atoms in total. The van der Waals surface area contributed by atoms with Crippen LogP contribution in [-0.4, -0.2) is 66.4 Å². The zero-order valence-electron chi connectivity index (χ0n) is 18.8. The first-order chi connectivity index (χ1) is 13.7. The lowest BCUT2D eigenvalue weighted by Gasteiger charge is -2.25. The molecule has 1 aromatic rings. The molecule has 1 heterocycles. The fourth-order valence-electron chi connectivity index (χ4n) is 3.62. The van der Waals surface area contributed by atoms with Gasteiger partial charge in [-0.3, -0.25) is 19.4 Å². The Morgan fingerprint density at radius 2 is 1.52 bits per heavy atom. The van der Waals surface area contributed by atoms with E-state index in [1.807, 2.05) is 27.7 Å². The molecule has 0 spiro atoms. The van der Waals surface area contributed by atoms with Gasteiger partial charge in [-0.15, -0.1) is 0 Å². The number of benzene rings is 1. The van der Waals surface area contributed by atoms with Crippen LogP contribution in [0.1, 0.15) is 58.2 Å². The molecule has 1 saturated heterocycles. The van der Waals surface area contributed by atoms with E-state index >= 15 is 0 Å². The van der Waals surface area contributed by atoms with Crippen molar-refractivity contribution >= 4 is 11.8 Å². The van der Waals surface area contributed by atoms with E-state index in [1.165, 1.54) is 5.56 Å². The number of aryl methyl sites for hydroxylation is 1. The summed E-state index contributed by atoms with van der Waals surface area (Å²) in [7, 11) is 0. The maximum atomic E-state index is 12.5. The Kier molecular flexibility index (Phi) is 8.65. The number of amides is 2. The predicted molar refractivity (Wildman–Crippen MR) is 118 cm³/mol. The normalized spacial score (nSPS) is 17.4. The topological polar surface area (TPSA) is 64.7 Å². The number of carbonyl (C=O) groups is 2. The van der Waals surface area contributed by atoms with Gasteiger partial charge in [-0.1, -0.05) is 31.2 Å². The van der Waals surface area contributed by atoms with Crippen LogP contribution in [0, 0.1) is 0 Å². The molecule has 0 saturated carbocycles. The van der Waals surface area contributed by atoms with Crippen molar-refractivity contribution < 1.29 is 9.59 Å². The van der Waals surface area contributed by atoms with Crippen LogP contribution in [0.3, 0.4) is 0 Å². The van der Waals surface area contributed by atoms with E-state index in [-0.39, 0.29) is 23.4 Å². The standard InChI is InChI=1S/C23H38N4O2/c1-6-19-8-10-20(11-9-19)18(2)24-21(28)16-26-12-7-13-27(15-14-26)17-22(29)25-23(3,4)5/h8-11,18H,6-7,12-17H2,1-5H3,(H,24,28)(H,25,29). The minimum atomic E-state index is -0.208. The van der Waals surface area contributed by atoms with Crippen molar-refractivity contribution in [1.29, 1.82) is 0 Å². The highest BCUT2D eigenvalue weighted by Gasteiger charge is 2.21. The van der Waals surface area contributed by atoms with Crippen LogP contribution in [0.25, 0.3) is 0 Å². The minimum absolute atomic E-state index is 0.00187. The number of hydrogen-bond donors (Lipinski definition) is 2. The summed E-state index contributed by atoms with van der Waals surface area (Å²) in [5, 5.41) is 6.13. The van der Waals surface area contributed by atoms with E-state index in [0.717, 1.165) is 44.6 Å². The molecular weight excluding hydrogens is 364 g/mol. The summed E-state index contributed by atoms with van der Waals surface area (Å²) in [5.74, 6) is 0.114. The highest BCUT2D eigenvalue weighted by atomic mass is 16.2. The van der Waals surface area contributed by atoms with Gasteiger partial charge in [0.15, 0.2) is 0 Å². The summed E-state index contributed by atoms with van der Waals surface area (Å²) < 4.78 is 0. The van der Waals surface area contributed by atoms with Gasteiger partial charge in [0.05, 0.1) is 19.1 Å². The van der Waals surface area contributed by atoms with E-state index in [4.69, 9.17) is 0 Å². The molecular formula is C23H38N4O2. The monoisotopic (exact) mass is 402 g/mol. The van der Waals surface area contributed by atoms with Gasteiger partial charge in [0.1, 0.15) is 0 Å². The Hall–Kier alpha value is -1.92. The highest BCUT2D eigenvalue weighted by Crippen LogP contribution is 2.14. The molecule has 6 heteroatoms. The lowest BCUT2D eigenvalue weighted by molar-refractivity contribution is -0.124. The van der Waals surface area contributed by atoms with Crippen LogP contribution in [-0.2, 0) is 16.0 Å². The number of rotatable bonds is 7. The third-order valence-electron chi connectivity index (χ3n) is 5.20. The van der Waals surface area contributed by atoms with Gasteiger partial charge < -0.3 is 10.6 Å². The van der Waals surface area contributed by atoms with Gasteiger partial charge in [-0.2, -0.15) is 0 Å². The van der Waals surface area contributed by atoms with E-state index < -0.39 is 0 Å². The maximum absolute atomic E-state index is 12.5. The Balaban J connectivity index is 1.77. The molecule has 0 bridgehead atoms. The van der Waals surface area contributed by atoms with Gasteiger partial charge in [-0.25, -0.2) is 0 Å². The number of carbonyl (C=O) groups excluding carboxylic acids is 2. The third-order valence-corrected chi connectivity index (χ3v) is 5.20. The molecule has 29 heavy (non-hydrogen) atoms. The number of nitrogens with zero attached hydrogens (tertiary/aromatic N) is 2. The largest absolute Gasteiger partial charge is 0.350 e. The summed E-state index contributed by atoms with van der Waals surface area (Å²) in [6.07, 6.45) is 1.98. The molecule has 2 N–H and O–H groups in total. The van der Waals surface area contributed by atoms with Crippen molar-refractivity contribution in [2.75, 3.05) is 39.3 Å². The quantitative estimate of drug-likeness (QED) is 0.735. The second-order valence-electron chi connectivity index (χ2n) is 9.09. The molecule has 2 rings (SSSR count). The molecule has 2 amide bonds. The van der Waals surface area contributed by atoms with Crippen LogP contribution in [0.5, 0.6) is 0 Å². The average molecular weight is 403 g/mol. The zero-order chi connectivity index (χ0) is 21.4. The van der Waals surface area contributed by atoms with Crippen molar-refractivity contribution in [2.24, 2.45) is 0 Å². The first-order valence-electron chi connectivity index (χ1n) is 10.8. The van der Waals surface area contributed by atoms with Gasteiger partial charge in [0.25, 0.3) is 0 Å². The highest BCUT2D eigenvalue weighted by molar-refractivity contribution is 5.79. The smallest absolute Gasteiger partial charge is 0.234 e. The lowest BCUT2D eigenvalue weighted by atomic mass is 10.1. The van der Waals surface area contributed by atoms with Gasteiger partial charge >= 0.3 is 0 Å². The van der Waals surface area contributed by atoms with E-state index in [0.29, 0.717) is 13.1 Å². The molecule has 0 aromatic heterocycles. The zero-order valence-corrected chi connectivity index (χ0v) is 18.8. The second-order valence-corrected chi connectivity index (χ2v) is 9.09. The van der Waals surface area contributed by atoms with Crippen LogP contribution in [0.4, 0.5) is 0 Å². The number of nitrogens with one attached hydrogen (secondary N) is 2. The summed E-state index contributed by atoms with van der Waals surface area (Å²) in [5.41, 5.74) is 2.22. The van der Waals surface area contributed by atoms with Gasteiger partial charge in [0, 0.05) is 18.6 Å². The SMILES string of the molecule is CCc1ccc(C(C)NC(=O)CN2CCCN(CC(=O)NC(C)(C)C)CC2)cc1. The molecule has 162 valence electrons. The summed E-state index contributed by atoms with van der Waals surface area (Å²) in [4.78, 5) is 29.0. The fourth-order valence-corrected chi connectivity index (χ4v) is 3.62. The maximum Gasteiger partial charge on any atom is 0.234 e. The Morgan fingerprint density at radius 3 is 2.03 bits per heavy atom. The Morgan fingerprint density at radius 1 is 0.966 bits per heavy atom. The summed E-state index contributed by atoms with van der Waals surface area (Å²) >= 11 is 0. The average Bonchev–Trinajstić information content (AvgIpc) is 2.85. The van der Waals surface area contributed by atoms with Gasteiger partial charge in [0.2, 0.25) is 11.8 Å². The minimum Gasteiger partial charge on any atom is -0.350 e. The molecule has 1 aromatic carbocycles. The first-order valence-corrected chi connectivity index (χ1v) is 10.8. The molecule has 1 aliphatic heterocycles. The molecule has 1 unspecified atom stereocenters. The van der Waals surface area contributed by atoms with Crippen LogP contribution < -0.4 is 10.6 Å². The van der Waals surface area contributed by atoms with Crippen molar-refractivity contribution in [1.82, 2.24) is 20.4 Å². The molecule has 1 aliphatic rings. The third kappa shape index (κ3) is 8.54. The van der Waals surface area contributed by atoms with E-state index in [9.17, 15) is 9.59 Å². The molecule has 0 radical (unpaired) electrons. The summed E-state index contributed by atoms with van der Waals surface area (Å²) in [6, 6.07) is 8.43. The first kappa shape index (κ1) is 23.4. The fraction of sp³-hybridized carbons (Fsp3) is 0.652. The molecule has 1 atom stereocenters. The Labute approximate surface area is 176 Å². The van der Waals surface area contributed by atoms with Crippen LogP contribution in [0.15, 0.2) is 24.3 Å². The van der Waals surface area contributed by atoms with Crippen molar-refractivity contribution in [2.45, 2.75) is 59.0 Å². The van der Waals surface area contributed by atoms with Crippen molar-refractivity contribution in [3.63, 3.8) is 0 Å². The summed E-state index contributed by atoms with van der Waals surface area (Å²) in [6.45, 7) is 14.3. The predicted octanol–water partition coefficient (Wildman–Crippen LogP) is 2.35. The molecule has 1 fully saturated rings. The van der Waals surface area contributed by atoms with Crippen LogP contribution >= 0.6 is 0 Å². The number of hydrogen-bond acceptors (Lipinski definition) is 4. The van der Waals surface area contributed by atoms with Crippen molar-refractivity contribution in [3.8, 4) is 0 Å². The van der Waals surface area contributed by atoms with Gasteiger partial charge in [-0.05, 0) is 64.8 Å². The van der Waals surface area contributed by atoms with Crippen LogP contribution in [0.2, 0.25) is 0 Å².